The molecule has 2 rings (SSSR count). The van der Waals surface area contributed by atoms with Crippen molar-refractivity contribution in [2.24, 2.45) is 0 Å². The third-order valence-electron chi connectivity index (χ3n) is 2.33. The quantitative estimate of drug-likeness (QED) is 0.766. The first-order valence-corrected chi connectivity index (χ1v) is 5.41. The minimum Gasteiger partial charge on any atom is -0.288 e. The summed E-state index contributed by atoms with van der Waals surface area (Å²) in [5.74, 6) is -0.0311. The number of hydrogen-bond donors (Lipinski definition) is 0. The van der Waals surface area contributed by atoms with Crippen molar-refractivity contribution in [3.63, 3.8) is 0 Å². The van der Waals surface area contributed by atoms with Crippen LogP contribution in [0.5, 0.6) is 0 Å². The molecule has 0 fully saturated rings. The number of halogens is 1. The van der Waals surface area contributed by atoms with Crippen LogP contribution in [0.3, 0.4) is 0 Å². The predicted octanol–water partition coefficient (Wildman–Crippen LogP) is 2.79. The third-order valence-corrected chi connectivity index (χ3v) is 2.58. The number of hydrogen-bond acceptors (Lipinski definition) is 2. The summed E-state index contributed by atoms with van der Waals surface area (Å²) >= 11 is 5.76. The van der Waals surface area contributed by atoms with Gasteiger partial charge >= 0.3 is 0 Å². The van der Waals surface area contributed by atoms with E-state index in [1.807, 2.05) is 6.92 Å². The summed E-state index contributed by atoms with van der Waals surface area (Å²) in [6, 6.07) is 6.85. The van der Waals surface area contributed by atoms with Gasteiger partial charge in [0.05, 0.1) is 11.8 Å². The van der Waals surface area contributed by atoms with E-state index in [9.17, 15) is 4.79 Å². The average molecular weight is 235 g/mol. The Morgan fingerprint density at radius 2 is 2.00 bits per heavy atom. The van der Waals surface area contributed by atoms with E-state index in [2.05, 4.69) is 5.10 Å². The first-order chi connectivity index (χ1) is 7.70. The molecular weight excluding hydrogens is 224 g/mol. The number of ketones is 1. The zero-order valence-electron chi connectivity index (χ0n) is 8.85. The van der Waals surface area contributed by atoms with Gasteiger partial charge in [0, 0.05) is 23.3 Å². The summed E-state index contributed by atoms with van der Waals surface area (Å²) in [6.45, 7) is 2.73. The summed E-state index contributed by atoms with van der Waals surface area (Å²) < 4.78 is 1.73. The van der Waals surface area contributed by atoms with Crippen LogP contribution in [0.4, 0.5) is 0 Å². The van der Waals surface area contributed by atoms with Crippen LogP contribution in [0.15, 0.2) is 36.7 Å². The molecule has 2 aromatic rings. The Morgan fingerprint density at radius 3 is 2.56 bits per heavy atom. The van der Waals surface area contributed by atoms with E-state index in [0.717, 1.165) is 6.54 Å². The second-order valence-corrected chi connectivity index (χ2v) is 3.86. The van der Waals surface area contributed by atoms with Crippen LogP contribution < -0.4 is 0 Å². The van der Waals surface area contributed by atoms with Crippen molar-refractivity contribution in [1.29, 1.82) is 0 Å². The molecule has 82 valence electrons. The van der Waals surface area contributed by atoms with Crippen molar-refractivity contribution in [2.75, 3.05) is 0 Å². The smallest absolute Gasteiger partial charge is 0.196 e. The molecule has 0 radical (unpaired) electrons. The monoisotopic (exact) mass is 234 g/mol. The molecule has 0 spiro atoms. The van der Waals surface area contributed by atoms with Gasteiger partial charge in [0.2, 0.25) is 0 Å². The highest BCUT2D eigenvalue weighted by Crippen LogP contribution is 2.13. The molecule has 0 aliphatic carbocycles. The third kappa shape index (κ3) is 2.14. The number of carbonyl (C=O) groups excluding carboxylic acids is 1. The van der Waals surface area contributed by atoms with Crippen LogP contribution in [0.2, 0.25) is 5.02 Å². The lowest BCUT2D eigenvalue weighted by Crippen LogP contribution is -1.99. The summed E-state index contributed by atoms with van der Waals surface area (Å²) in [6.07, 6.45) is 3.33. The Balaban J connectivity index is 2.28. The van der Waals surface area contributed by atoms with Gasteiger partial charge in [-0.05, 0) is 31.2 Å². The Hall–Kier alpha value is -1.61. The number of benzene rings is 1. The summed E-state index contributed by atoms with van der Waals surface area (Å²) in [5, 5.41) is 4.69. The maximum atomic E-state index is 12.0. The van der Waals surface area contributed by atoms with Crippen molar-refractivity contribution in [3.05, 3.63) is 52.8 Å². The summed E-state index contributed by atoms with van der Waals surface area (Å²) in [4.78, 5) is 12.0. The van der Waals surface area contributed by atoms with Crippen molar-refractivity contribution >= 4 is 17.4 Å². The first kappa shape index (κ1) is 10.9. The topological polar surface area (TPSA) is 34.9 Å². The van der Waals surface area contributed by atoms with Gasteiger partial charge in [0.15, 0.2) is 5.78 Å². The zero-order valence-corrected chi connectivity index (χ0v) is 9.61. The minimum absolute atomic E-state index is 0.0311. The number of nitrogens with zero attached hydrogens (tertiary/aromatic N) is 2. The molecular formula is C12H11ClN2O. The number of aromatic nitrogens is 2. The molecule has 1 aromatic heterocycles. The van der Waals surface area contributed by atoms with E-state index < -0.39 is 0 Å². The van der Waals surface area contributed by atoms with E-state index in [0.29, 0.717) is 16.1 Å². The number of aryl methyl sites for hydroxylation is 1. The Morgan fingerprint density at radius 1 is 1.31 bits per heavy atom. The molecule has 1 heterocycles. The van der Waals surface area contributed by atoms with Crippen LogP contribution in [-0.4, -0.2) is 15.6 Å². The molecule has 0 atom stereocenters. The van der Waals surface area contributed by atoms with E-state index in [-0.39, 0.29) is 5.78 Å². The van der Waals surface area contributed by atoms with Crippen molar-refractivity contribution in [3.8, 4) is 0 Å². The van der Waals surface area contributed by atoms with Gasteiger partial charge in [-0.1, -0.05) is 11.6 Å². The standard InChI is InChI=1S/C12H11ClN2O/c1-2-15-8-10(7-14-15)12(16)9-3-5-11(13)6-4-9/h3-8H,2H2,1H3. The van der Waals surface area contributed by atoms with Crippen LogP contribution in [0.1, 0.15) is 22.8 Å². The Bertz CT molecular complexity index is 502. The molecule has 0 amide bonds. The van der Waals surface area contributed by atoms with Gasteiger partial charge in [-0.2, -0.15) is 5.10 Å². The zero-order chi connectivity index (χ0) is 11.5. The maximum Gasteiger partial charge on any atom is 0.196 e. The van der Waals surface area contributed by atoms with Crippen LogP contribution in [0.25, 0.3) is 0 Å². The van der Waals surface area contributed by atoms with Crippen LogP contribution >= 0.6 is 11.6 Å². The molecule has 0 bridgehead atoms. The largest absolute Gasteiger partial charge is 0.288 e. The molecule has 4 heteroatoms. The van der Waals surface area contributed by atoms with E-state index in [1.54, 1.807) is 41.3 Å². The minimum atomic E-state index is -0.0311. The molecule has 0 N–H and O–H groups in total. The van der Waals surface area contributed by atoms with Crippen LogP contribution in [0, 0.1) is 0 Å². The molecule has 3 nitrogen and oxygen atoms in total. The molecule has 0 unspecified atom stereocenters. The fraction of sp³-hybridized carbons (Fsp3) is 0.167. The lowest BCUT2D eigenvalue weighted by atomic mass is 10.1. The predicted molar refractivity (Wildman–Crippen MR) is 62.8 cm³/mol. The number of carbonyl (C=O) groups is 1. The van der Waals surface area contributed by atoms with Gasteiger partial charge in [-0.25, -0.2) is 0 Å². The molecule has 16 heavy (non-hydrogen) atoms. The van der Waals surface area contributed by atoms with Gasteiger partial charge < -0.3 is 0 Å². The first-order valence-electron chi connectivity index (χ1n) is 5.03. The second-order valence-electron chi connectivity index (χ2n) is 3.42. The maximum absolute atomic E-state index is 12.0. The molecule has 0 saturated carbocycles. The molecule has 0 aliphatic heterocycles. The van der Waals surface area contributed by atoms with Gasteiger partial charge in [0.25, 0.3) is 0 Å². The second kappa shape index (κ2) is 4.49. The van der Waals surface area contributed by atoms with Crippen molar-refractivity contribution in [1.82, 2.24) is 9.78 Å². The normalized spacial score (nSPS) is 10.4. The highest BCUT2D eigenvalue weighted by molar-refractivity contribution is 6.30. The van der Waals surface area contributed by atoms with Crippen molar-refractivity contribution < 1.29 is 4.79 Å². The van der Waals surface area contributed by atoms with Gasteiger partial charge in [0.1, 0.15) is 0 Å². The van der Waals surface area contributed by atoms with E-state index >= 15 is 0 Å². The van der Waals surface area contributed by atoms with E-state index in [4.69, 9.17) is 11.6 Å². The molecule has 0 aliphatic rings. The molecule has 1 aromatic carbocycles. The highest BCUT2D eigenvalue weighted by atomic mass is 35.5. The fourth-order valence-electron chi connectivity index (χ4n) is 1.42. The van der Waals surface area contributed by atoms with Crippen LogP contribution in [-0.2, 0) is 6.54 Å². The Kier molecular flexibility index (Phi) is 3.06. The SMILES string of the molecule is CCn1cc(C(=O)c2ccc(Cl)cc2)cn1. The average Bonchev–Trinajstić information content (AvgIpc) is 2.77. The van der Waals surface area contributed by atoms with Gasteiger partial charge in [-0.3, -0.25) is 9.48 Å². The summed E-state index contributed by atoms with van der Waals surface area (Å²) in [7, 11) is 0. The lowest BCUT2D eigenvalue weighted by molar-refractivity contribution is 0.103. The molecule has 0 saturated heterocycles. The van der Waals surface area contributed by atoms with Gasteiger partial charge in [-0.15, -0.1) is 0 Å². The van der Waals surface area contributed by atoms with Crippen molar-refractivity contribution in [2.45, 2.75) is 13.5 Å². The summed E-state index contributed by atoms with van der Waals surface area (Å²) in [5.41, 5.74) is 1.23. The highest BCUT2D eigenvalue weighted by Gasteiger charge is 2.10. The Labute approximate surface area is 98.7 Å². The van der Waals surface area contributed by atoms with E-state index in [1.165, 1.54) is 0 Å². The number of rotatable bonds is 3. The fourth-order valence-corrected chi connectivity index (χ4v) is 1.55. The lowest BCUT2D eigenvalue weighted by Gasteiger charge is -1.97.